The van der Waals surface area contributed by atoms with Gasteiger partial charge in [0.05, 0.1) is 12.8 Å². The van der Waals surface area contributed by atoms with Gasteiger partial charge in [-0.15, -0.1) is 0 Å². The molecule has 0 saturated heterocycles. The van der Waals surface area contributed by atoms with Crippen molar-refractivity contribution < 1.29 is 19.1 Å². The van der Waals surface area contributed by atoms with E-state index in [1.807, 2.05) is 22.6 Å². The number of ether oxygens (including phenoxy) is 2. The molecule has 0 aliphatic heterocycles. The third-order valence-electron chi connectivity index (χ3n) is 1.88. The van der Waals surface area contributed by atoms with E-state index in [1.54, 1.807) is 26.8 Å². The number of nitrogens with one attached hydrogen (secondary N) is 1. The molecule has 0 unspecified atom stereocenters. The number of halogens is 1. The zero-order chi connectivity index (χ0) is 14.6. The minimum atomic E-state index is -0.574. The Morgan fingerprint density at radius 1 is 1.32 bits per heavy atom. The highest BCUT2D eigenvalue weighted by Gasteiger charge is 2.18. The van der Waals surface area contributed by atoms with Crippen LogP contribution < -0.4 is 5.32 Å². The van der Waals surface area contributed by atoms with Crippen molar-refractivity contribution in [2.45, 2.75) is 26.4 Å². The van der Waals surface area contributed by atoms with Gasteiger partial charge in [0.25, 0.3) is 0 Å². The summed E-state index contributed by atoms with van der Waals surface area (Å²) < 4.78 is 10.2. The van der Waals surface area contributed by atoms with Crippen molar-refractivity contribution in [3.63, 3.8) is 0 Å². The first-order valence-electron chi connectivity index (χ1n) is 5.48. The second kappa shape index (κ2) is 6.18. The lowest BCUT2D eigenvalue weighted by atomic mass is 10.2. The molecule has 1 aromatic heterocycles. The molecule has 0 aliphatic carbocycles. The number of nitrogens with zero attached hydrogens (tertiary/aromatic N) is 1. The van der Waals surface area contributed by atoms with Gasteiger partial charge in [0, 0.05) is 0 Å². The van der Waals surface area contributed by atoms with E-state index >= 15 is 0 Å². The average Bonchev–Trinajstić information content (AvgIpc) is 2.28. The zero-order valence-corrected chi connectivity index (χ0v) is 13.3. The molecule has 19 heavy (non-hydrogen) atoms. The number of aromatic nitrogens is 1. The van der Waals surface area contributed by atoms with Crippen LogP contribution >= 0.6 is 22.6 Å². The minimum Gasteiger partial charge on any atom is -0.464 e. The summed E-state index contributed by atoms with van der Waals surface area (Å²) in [4.78, 5) is 26.9. The second-order valence-electron chi connectivity index (χ2n) is 4.65. The number of carbonyl (C=O) groups excluding carboxylic acids is 2. The van der Waals surface area contributed by atoms with Crippen molar-refractivity contribution in [1.82, 2.24) is 4.98 Å². The lowest BCUT2D eigenvalue weighted by Gasteiger charge is -2.19. The quantitative estimate of drug-likeness (QED) is 0.487. The summed E-state index contributed by atoms with van der Waals surface area (Å²) >= 11 is 1.92. The molecule has 0 saturated carbocycles. The van der Waals surface area contributed by atoms with Crippen LogP contribution in [-0.2, 0) is 9.47 Å². The summed E-state index contributed by atoms with van der Waals surface area (Å²) in [7, 11) is 1.28. The van der Waals surface area contributed by atoms with Crippen LogP contribution in [0.1, 0.15) is 31.3 Å². The zero-order valence-electron chi connectivity index (χ0n) is 11.1. The number of hydrogen-bond acceptors (Lipinski definition) is 5. The number of carbonyl (C=O) groups is 2. The molecule has 1 rings (SSSR count). The van der Waals surface area contributed by atoms with E-state index in [4.69, 9.17) is 4.74 Å². The van der Waals surface area contributed by atoms with E-state index in [2.05, 4.69) is 15.0 Å². The molecule has 1 amide bonds. The molecule has 6 nitrogen and oxygen atoms in total. The van der Waals surface area contributed by atoms with Crippen LogP contribution in [0, 0.1) is 3.70 Å². The third-order valence-corrected chi connectivity index (χ3v) is 2.70. The number of methoxy groups -OCH3 is 1. The van der Waals surface area contributed by atoms with Gasteiger partial charge in [0.2, 0.25) is 0 Å². The molecule has 0 aromatic carbocycles. The maximum atomic E-state index is 11.6. The predicted octanol–water partition coefficient (Wildman–Crippen LogP) is 2.82. The molecule has 0 fully saturated rings. The van der Waals surface area contributed by atoms with E-state index in [0.29, 0.717) is 9.39 Å². The Morgan fingerprint density at radius 3 is 2.42 bits per heavy atom. The van der Waals surface area contributed by atoms with Gasteiger partial charge >= 0.3 is 12.1 Å². The van der Waals surface area contributed by atoms with Crippen molar-refractivity contribution >= 4 is 40.3 Å². The Hall–Kier alpha value is -1.38. The van der Waals surface area contributed by atoms with Gasteiger partial charge in [0.15, 0.2) is 0 Å². The van der Waals surface area contributed by atoms with Crippen molar-refractivity contribution in [2.75, 3.05) is 12.4 Å². The third kappa shape index (κ3) is 5.01. The SMILES string of the molecule is COC(=O)c1ccc(NC(=O)OC(C)(C)C)c(I)n1. The van der Waals surface area contributed by atoms with E-state index in [1.165, 1.54) is 13.2 Å². The summed E-state index contributed by atoms with van der Waals surface area (Å²) in [6, 6.07) is 3.05. The minimum absolute atomic E-state index is 0.182. The lowest BCUT2D eigenvalue weighted by Crippen LogP contribution is -2.27. The highest BCUT2D eigenvalue weighted by atomic mass is 127. The highest BCUT2D eigenvalue weighted by Crippen LogP contribution is 2.18. The summed E-state index contributed by atoms with van der Waals surface area (Å²) in [5.41, 5.74) is 0.0821. The molecular weight excluding hydrogens is 363 g/mol. The number of rotatable bonds is 2. The first kappa shape index (κ1) is 15.7. The fourth-order valence-corrected chi connectivity index (χ4v) is 1.73. The van der Waals surface area contributed by atoms with Crippen LogP contribution in [0.25, 0.3) is 0 Å². The first-order chi connectivity index (χ1) is 8.73. The number of pyridine rings is 1. The van der Waals surface area contributed by atoms with Crippen molar-refractivity contribution in [1.29, 1.82) is 0 Å². The van der Waals surface area contributed by atoms with Gasteiger partial charge in [0.1, 0.15) is 15.0 Å². The maximum Gasteiger partial charge on any atom is 0.412 e. The van der Waals surface area contributed by atoms with E-state index in [0.717, 1.165) is 0 Å². The normalized spacial score (nSPS) is 10.8. The molecule has 1 heterocycles. The fraction of sp³-hybridized carbons (Fsp3) is 0.417. The number of hydrogen-bond donors (Lipinski definition) is 1. The van der Waals surface area contributed by atoms with E-state index < -0.39 is 17.7 Å². The van der Waals surface area contributed by atoms with Crippen molar-refractivity contribution in [3.8, 4) is 0 Å². The molecule has 0 radical (unpaired) electrons. The van der Waals surface area contributed by atoms with E-state index in [9.17, 15) is 9.59 Å². The smallest absolute Gasteiger partial charge is 0.412 e. The summed E-state index contributed by atoms with van der Waals surface area (Å²) in [5.74, 6) is -0.526. The van der Waals surface area contributed by atoms with Gasteiger partial charge in [-0.2, -0.15) is 0 Å². The van der Waals surface area contributed by atoms with Gasteiger partial charge in [-0.3, -0.25) is 5.32 Å². The summed E-state index contributed by atoms with van der Waals surface area (Å²) in [5, 5.41) is 2.57. The lowest BCUT2D eigenvalue weighted by molar-refractivity contribution is 0.0592. The molecule has 0 aliphatic rings. The predicted molar refractivity (Wildman–Crippen MR) is 78.2 cm³/mol. The molecule has 0 bridgehead atoms. The van der Waals surface area contributed by atoms with Crippen LogP contribution in [0.4, 0.5) is 10.5 Å². The fourth-order valence-electron chi connectivity index (χ4n) is 1.16. The van der Waals surface area contributed by atoms with E-state index in [-0.39, 0.29) is 5.69 Å². The standard InChI is InChI=1S/C12H15IN2O4/c1-12(2,3)19-11(17)15-7-5-6-8(10(16)18-4)14-9(7)13/h5-6H,1-4H3,(H,15,17). The van der Waals surface area contributed by atoms with Gasteiger partial charge in [-0.1, -0.05) is 0 Å². The monoisotopic (exact) mass is 378 g/mol. The number of anilines is 1. The molecular formula is C12H15IN2O4. The topological polar surface area (TPSA) is 77.5 Å². The number of esters is 1. The van der Waals surface area contributed by atoms with Gasteiger partial charge in [-0.05, 0) is 55.5 Å². The Labute approximate surface area is 125 Å². The van der Waals surface area contributed by atoms with Crippen molar-refractivity contribution in [2.24, 2.45) is 0 Å². The molecule has 0 spiro atoms. The molecule has 7 heteroatoms. The van der Waals surface area contributed by atoms with Crippen LogP contribution in [0.3, 0.4) is 0 Å². The Kier molecular flexibility index (Phi) is 5.10. The Bertz CT molecular complexity index is 497. The van der Waals surface area contributed by atoms with Crippen LogP contribution in [0.15, 0.2) is 12.1 Å². The Balaban J connectivity index is 2.81. The van der Waals surface area contributed by atoms with Crippen LogP contribution in [0.2, 0.25) is 0 Å². The summed E-state index contributed by atoms with van der Waals surface area (Å²) in [6.45, 7) is 5.32. The van der Waals surface area contributed by atoms with Gasteiger partial charge < -0.3 is 9.47 Å². The molecule has 0 atom stereocenters. The Morgan fingerprint density at radius 2 is 1.95 bits per heavy atom. The molecule has 104 valence electrons. The van der Waals surface area contributed by atoms with Gasteiger partial charge in [-0.25, -0.2) is 14.6 Å². The second-order valence-corrected chi connectivity index (χ2v) is 5.68. The largest absolute Gasteiger partial charge is 0.464 e. The summed E-state index contributed by atoms with van der Waals surface area (Å²) in [6.07, 6.45) is -0.571. The highest BCUT2D eigenvalue weighted by molar-refractivity contribution is 14.1. The number of amides is 1. The first-order valence-corrected chi connectivity index (χ1v) is 6.55. The van der Waals surface area contributed by atoms with Crippen molar-refractivity contribution in [3.05, 3.63) is 21.5 Å². The van der Waals surface area contributed by atoms with Crippen LogP contribution in [-0.4, -0.2) is 29.8 Å². The maximum absolute atomic E-state index is 11.6. The average molecular weight is 378 g/mol. The van der Waals surface area contributed by atoms with Crippen LogP contribution in [0.5, 0.6) is 0 Å². The molecule has 1 aromatic rings. The molecule has 1 N–H and O–H groups in total.